The van der Waals surface area contributed by atoms with Crippen LogP contribution < -0.4 is 5.32 Å². The molecule has 0 amide bonds. The lowest BCUT2D eigenvalue weighted by molar-refractivity contribution is 0.0957. The summed E-state index contributed by atoms with van der Waals surface area (Å²) in [5.74, 6) is 0. The summed E-state index contributed by atoms with van der Waals surface area (Å²) in [5.41, 5.74) is 0.235. The van der Waals surface area contributed by atoms with E-state index in [1.54, 1.807) is 19.1 Å². The Morgan fingerprint density at radius 3 is 2.29 bits per heavy atom. The average molecular weight is 278 g/mol. The summed E-state index contributed by atoms with van der Waals surface area (Å²) in [6.45, 7) is 3.40. The monoisotopic (exact) mass is 277 g/mol. The molecule has 1 rings (SSSR count). The Bertz CT molecular complexity index is 381. The van der Waals surface area contributed by atoms with Gasteiger partial charge in [-0.25, -0.2) is 0 Å². The molecule has 0 saturated carbocycles. The van der Waals surface area contributed by atoms with E-state index in [2.05, 4.69) is 5.32 Å². The van der Waals surface area contributed by atoms with Crippen LogP contribution in [0.1, 0.15) is 25.5 Å². The van der Waals surface area contributed by atoms with Crippen LogP contribution in [0.3, 0.4) is 0 Å². The van der Waals surface area contributed by atoms with Crippen molar-refractivity contribution in [2.45, 2.75) is 25.4 Å². The van der Waals surface area contributed by atoms with Crippen LogP contribution in [0.5, 0.6) is 0 Å². The normalized spacial score (nSPS) is 13.8. The highest BCUT2D eigenvalue weighted by molar-refractivity contribution is 6.42. The quantitative estimate of drug-likeness (QED) is 0.775. The molecule has 0 aliphatic rings. The van der Waals surface area contributed by atoms with Crippen molar-refractivity contribution in [1.29, 1.82) is 0 Å². The van der Waals surface area contributed by atoms with Gasteiger partial charge in [0.05, 0.1) is 28.8 Å². The van der Waals surface area contributed by atoms with Crippen LogP contribution in [0.15, 0.2) is 18.2 Å². The van der Waals surface area contributed by atoms with E-state index in [1.807, 2.05) is 13.0 Å². The zero-order valence-electron chi connectivity index (χ0n) is 9.87. The minimum absolute atomic E-state index is 0.0472. The molecule has 0 saturated heterocycles. The lowest BCUT2D eigenvalue weighted by atomic mass is 10.0. The number of halogens is 2. The summed E-state index contributed by atoms with van der Waals surface area (Å²) in [6.07, 6.45) is 0. The van der Waals surface area contributed by atoms with Gasteiger partial charge < -0.3 is 15.5 Å². The van der Waals surface area contributed by atoms with Crippen LogP contribution >= 0.6 is 23.2 Å². The summed E-state index contributed by atoms with van der Waals surface area (Å²) in [7, 11) is 0. The van der Waals surface area contributed by atoms with Gasteiger partial charge in [-0.2, -0.15) is 0 Å². The number of hydrogen-bond donors (Lipinski definition) is 3. The average Bonchev–Trinajstić information content (AvgIpc) is 2.32. The van der Waals surface area contributed by atoms with Gasteiger partial charge in [0.25, 0.3) is 0 Å². The molecule has 0 radical (unpaired) electrons. The van der Waals surface area contributed by atoms with Gasteiger partial charge in [0.2, 0.25) is 0 Å². The molecule has 1 aromatic rings. The van der Waals surface area contributed by atoms with Crippen molar-refractivity contribution in [2.75, 3.05) is 13.2 Å². The maximum absolute atomic E-state index is 9.21. The highest BCUT2D eigenvalue weighted by atomic mass is 35.5. The highest BCUT2D eigenvalue weighted by Crippen LogP contribution is 2.26. The summed E-state index contributed by atoms with van der Waals surface area (Å²) < 4.78 is 0. The van der Waals surface area contributed by atoms with Crippen molar-refractivity contribution in [3.8, 4) is 0 Å². The minimum atomic E-state index is -0.717. The van der Waals surface area contributed by atoms with Crippen LogP contribution in [0.4, 0.5) is 0 Å². The highest BCUT2D eigenvalue weighted by Gasteiger charge is 2.24. The molecule has 0 aliphatic carbocycles. The molecule has 0 heterocycles. The van der Waals surface area contributed by atoms with Gasteiger partial charge >= 0.3 is 0 Å². The SMILES string of the molecule is CC(NC(C)(CO)CO)c1ccc(Cl)c(Cl)c1. The first-order valence-corrected chi connectivity index (χ1v) is 6.12. The van der Waals surface area contributed by atoms with E-state index >= 15 is 0 Å². The fourth-order valence-corrected chi connectivity index (χ4v) is 1.84. The topological polar surface area (TPSA) is 52.5 Å². The molecule has 0 aromatic heterocycles. The predicted octanol–water partition coefficient (Wildman–Crippen LogP) is 2.39. The zero-order valence-corrected chi connectivity index (χ0v) is 11.4. The van der Waals surface area contributed by atoms with E-state index in [0.29, 0.717) is 10.0 Å². The summed E-state index contributed by atoms with van der Waals surface area (Å²) in [6, 6.07) is 5.32. The summed E-state index contributed by atoms with van der Waals surface area (Å²) in [4.78, 5) is 0. The molecule has 17 heavy (non-hydrogen) atoms. The molecule has 1 unspecified atom stereocenters. The Morgan fingerprint density at radius 1 is 1.24 bits per heavy atom. The molecule has 96 valence electrons. The van der Waals surface area contributed by atoms with Crippen molar-refractivity contribution in [3.63, 3.8) is 0 Å². The first kappa shape index (κ1) is 14.7. The standard InChI is InChI=1S/C12H17Cl2NO2/c1-8(15-12(2,6-16)7-17)9-3-4-10(13)11(14)5-9/h3-5,8,15-17H,6-7H2,1-2H3. The fraction of sp³-hybridized carbons (Fsp3) is 0.500. The molecule has 3 nitrogen and oxygen atoms in total. The van der Waals surface area contributed by atoms with Crippen LogP contribution in [0.2, 0.25) is 10.0 Å². The molecule has 3 N–H and O–H groups in total. The van der Waals surface area contributed by atoms with E-state index in [-0.39, 0.29) is 19.3 Å². The lowest BCUT2D eigenvalue weighted by Crippen LogP contribution is -2.49. The second-order valence-corrected chi connectivity index (χ2v) is 5.23. The largest absolute Gasteiger partial charge is 0.394 e. The van der Waals surface area contributed by atoms with E-state index in [4.69, 9.17) is 23.2 Å². The Balaban J connectivity index is 2.82. The number of nitrogens with one attached hydrogen (secondary N) is 1. The Kier molecular flexibility index (Phi) is 5.22. The third-order valence-corrected chi connectivity index (χ3v) is 3.45. The van der Waals surface area contributed by atoms with Crippen molar-refractivity contribution < 1.29 is 10.2 Å². The maximum Gasteiger partial charge on any atom is 0.0633 e. The van der Waals surface area contributed by atoms with Gasteiger partial charge in [-0.05, 0) is 31.5 Å². The minimum Gasteiger partial charge on any atom is -0.394 e. The molecule has 0 bridgehead atoms. The Labute approximate surface area is 111 Å². The van der Waals surface area contributed by atoms with Crippen LogP contribution in [0, 0.1) is 0 Å². The van der Waals surface area contributed by atoms with Gasteiger partial charge in [0.15, 0.2) is 0 Å². The van der Waals surface area contributed by atoms with Gasteiger partial charge in [-0.1, -0.05) is 29.3 Å². The number of rotatable bonds is 5. The molecule has 0 aliphatic heterocycles. The van der Waals surface area contributed by atoms with Crippen LogP contribution in [0.25, 0.3) is 0 Å². The van der Waals surface area contributed by atoms with Gasteiger partial charge in [0.1, 0.15) is 0 Å². The predicted molar refractivity (Wildman–Crippen MR) is 70.6 cm³/mol. The van der Waals surface area contributed by atoms with E-state index in [9.17, 15) is 10.2 Å². The lowest BCUT2D eigenvalue weighted by Gasteiger charge is -2.30. The molecular weight excluding hydrogens is 261 g/mol. The Hall–Kier alpha value is -0.320. The maximum atomic E-state index is 9.21. The van der Waals surface area contributed by atoms with Crippen molar-refractivity contribution in [1.82, 2.24) is 5.32 Å². The number of benzene rings is 1. The summed E-state index contributed by atoms with van der Waals surface area (Å²) >= 11 is 11.8. The van der Waals surface area contributed by atoms with E-state index in [1.165, 1.54) is 0 Å². The van der Waals surface area contributed by atoms with Crippen molar-refractivity contribution in [2.24, 2.45) is 0 Å². The third kappa shape index (κ3) is 3.83. The zero-order chi connectivity index (χ0) is 13.1. The van der Waals surface area contributed by atoms with Gasteiger partial charge in [0, 0.05) is 6.04 Å². The number of hydrogen-bond acceptors (Lipinski definition) is 3. The number of aliphatic hydroxyl groups is 2. The first-order chi connectivity index (χ1) is 7.91. The first-order valence-electron chi connectivity index (χ1n) is 5.36. The van der Waals surface area contributed by atoms with E-state index < -0.39 is 5.54 Å². The van der Waals surface area contributed by atoms with Crippen molar-refractivity contribution >= 4 is 23.2 Å². The second-order valence-electron chi connectivity index (χ2n) is 4.42. The second kappa shape index (κ2) is 6.03. The molecule has 5 heteroatoms. The third-order valence-electron chi connectivity index (χ3n) is 2.71. The van der Waals surface area contributed by atoms with Gasteiger partial charge in [-0.3, -0.25) is 0 Å². The smallest absolute Gasteiger partial charge is 0.0633 e. The van der Waals surface area contributed by atoms with E-state index in [0.717, 1.165) is 5.56 Å². The van der Waals surface area contributed by atoms with Gasteiger partial charge in [-0.15, -0.1) is 0 Å². The Morgan fingerprint density at radius 2 is 1.82 bits per heavy atom. The molecule has 1 atom stereocenters. The molecule has 0 spiro atoms. The molecule has 0 fully saturated rings. The van der Waals surface area contributed by atoms with Crippen LogP contribution in [-0.2, 0) is 0 Å². The van der Waals surface area contributed by atoms with Crippen LogP contribution in [-0.4, -0.2) is 29.0 Å². The van der Waals surface area contributed by atoms with Crippen molar-refractivity contribution in [3.05, 3.63) is 33.8 Å². The summed E-state index contributed by atoms with van der Waals surface area (Å²) in [5, 5.41) is 22.6. The fourth-order valence-electron chi connectivity index (χ4n) is 1.53. The number of aliphatic hydroxyl groups excluding tert-OH is 2. The molecular formula is C12H17Cl2NO2. The molecule has 1 aromatic carbocycles.